The molecule has 8 heteroatoms. The molecule has 0 atom stereocenters. The molecule has 0 aliphatic carbocycles. The fraction of sp³-hybridized carbons (Fsp3) is 0.100. The van der Waals surface area contributed by atoms with Gasteiger partial charge in [0.2, 0.25) is 0 Å². The van der Waals surface area contributed by atoms with Crippen molar-refractivity contribution in [3.05, 3.63) is 41.7 Å². The van der Waals surface area contributed by atoms with Crippen molar-refractivity contribution >= 4 is 11.7 Å². The van der Waals surface area contributed by atoms with Gasteiger partial charge in [0.1, 0.15) is 0 Å². The molecule has 0 saturated carbocycles. The highest BCUT2D eigenvalue weighted by Crippen LogP contribution is 2.07. The van der Waals surface area contributed by atoms with E-state index in [1.54, 1.807) is 24.3 Å². The second-order valence-electron chi connectivity index (χ2n) is 3.19. The third-order valence-electron chi connectivity index (χ3n) is 2.16. The number of nitrogens with zero attached hydrogens (tertiary/aromatic N) is 6. The Morgan fingerprint density at radius 2 is 2.11 bits per heavy atom. The molecule has 2 rings (SSSR count). The molecule has 18 heavy (non-hydrogen) atoms. The molecule has 0 unspecified atom stereocenters. The molecular formula is C10H8N6O2. The SMILES string of the molecule is COC(=O)C(=[N+]=[N-])c1nnnn1-c1ccccc1. The first-order chi connectivity index (χ1) is 8.77. The molecule has 1 aromatic carbocycles. The van der Waals surface area contributed by atoms with Gasteiger partial charge in [-0.2, -0.15) is 9.47 Å². The van der Waals surface area contributed by atoms with Gasteiger partial charge < -0.3 is 10.3 Å². The molecule has 0 aliphatic rings. The largest absolute Gasteiger partial charge is 0.460 e. The highest BCUT2D eigenvalue weighted by atomic mass is 16.5. The molecule has 0 saturated heterocycles. The van der Waals surface area contributed by atoms with E-state index >= 15 is 0 Å². The fourth-order valence-corrected chi connectivity index (χ4v) is 1.35. The molecule has 0 bridgehead atoms. The number of hydrogen-bond donors (Lipinski definition) is 0. The first-order valence-electron chi connectivity index (χ1n) is 4.92. The number of para-hydroxylation sites is 1. The van der Waals surface area contributed by atoms with Crippen LogP contribution in [-0.4, -0.2) is 43.8 Å². The van der Waals surface area contributed by atoms with Crippen LogP contribution in [0.5, 0.6) is 0 Å². The Bertz CT molecular complexity index is 614. The van der Waals surface area contributed by atoms with E-state index in [4.69, 9.17) is 5.53 Å². The molecule has 1 aromatic heterocycles. The maximum atomic E-state index is 11.4. The monoisotopic (exact) mass is 244 g/mol. The first-order valence-corrected chi connectivity index (χ1v) is 4.92. The quantitative estimate of drug-likeness (QED) is 0.323. The Balaban J connectivity index is 2.52. The summed E-state index contributed by atoms with van der Waals surface area (Å²) in [6.45, 7) is 0. The van der Waals surface area contributed by atoms with Gasteiger partial charge in [-0.1, -0.05) is 23.3 Å². The number of tetrazole rings is 1. The van der Waals surface area contributed by atoms with Gasteiger partial charge in [0.05, 0.1) is 12.8 Å². The van der Waals surface area contributed by atoms with Gasteiger partial charge in [-0.3, -0.25) is 0 Å². The van der Waals surface area contributed by atoms with Gasteiger partial charge in [0.15, 0.2) is 0 Å². The third kappa shape index (κ3) is 2.00. The van der Waals surface area contributed by atoms with E-state index in [0.29, 0.717) is 5.69 Å². The van der Waals surface area contributed by atoms with Crippen LogP contribution in [0.15, 0.2) is 30.3 Å². The Morgan fingerprint density at radius 1 is 1.39 bits per heavy atom. The zero-order chi connectivity index (χ0) is 13.0. The van der Waals surface area contributed by atoms with E-state index in [1.807, 2.05) is 6.07 Å². The second kappa shape index (κ2) is 4.98. The number of esters is 1. The Hall–Kier alpha value is -2.86. The molecule has 8 nitrogen and oxygen atoms in total. The predicted octanol–water partition coefficient (Wildman–Crippen LogP) is -0.146. The summed E-state index contributed by atoms with van der Waals surface area (Å²) in [4.78, 5) is 14.3. The average Bonchev–Trinajstić information content (AvgIpc) is 2.89. The van der Waals surface area contributed by atoms with Crippen LogP contribution < -0.4 is 0 Å². The number of hydrogen-bond acceptors (Lipinski definition) is 5. The van der Waals surface area contributed by atoms with Crippen molar-refractivity contribution in [1.29, 1.82) is 0 Å². The number of rotatable bonds is 3. The fourth-order valence-electron chi connectivity index (χ4n) is 1.35. The van der Waals surface area contributed by atoms with Gasteiger partial charge in [0.25, 0.3) is 5.82 Å². The predicted molar refractivity (Wildman–Crippen MR) is 58.9 cm³/mol. The molecule has 0 spiro atoms. The van der Waals surface area contributed by atoms with Gasteiger partial charge >= 0.3 is 11.7 Å². The lowest BCUT2D eigenvalue weighted by molar-refractivity contribution is -0.137. The zero-order valence-electron chi connectivity index (χ0n) is 9.39. The van der Waals surface area contributed by atoms with Crippen LogP contribution in [0.2, 0.25) is 0 Å². The number of ether oxygens (including phenoxy) is 1. The number of carbonyl (C=O) groups excluding carboxylic acids is 1. The van der Waals surface area contributed by atoms with E-state index in [1.165, 1.54) is 11.8 Å². The summed E-state index contributed by atoms with van der Waals surface area (Å²) in [5.41, 5.74) is 9.11. The van der Waals surface area contributed by atoms with Crippen LogP contribution in [0.4, 0.5) is 0 Å². The number of benzene rings is 1. The highest BCUT2D eigenvalue weighted by Gasteiger charge is 2.31. The minimum atomic E-state index is -0.829. The molecule has 0 amide bonds. The van der Waals surface area contributed by atoms with Gasteiger partial charge in [-0.15, -0.1) is 0 Å². The van der Waals surface area contributed by atoms with E-state index in [9.17, 15) is 4.79 Å². The van der Waals surface area contributed by atoms with Crippen molar-refractivity contribution in [2.75, 3.05) is 7.11 Å². The lowest BCUT2D eigenvalue weighted by Gasteiger charge is -2.00. The Morgan fingerprint density at radius 3 is 2.72 bits per heavy atom. The van der Waals surface area contributed by atoms with Crippen LogP contribution in [-0.2, 0) is 9.53 Å². The summed E-state index contributed by atoms with van der Waals surface area (Å²) >= 11 is 0. The van der Waals surface area contributed by atoms with E-state index in [0.717, 1.165) is 0 Å². The minimum Gasteiger partial charge on any atom is -0.460 e. The number of methoxy groups -OCH3 is 1. The number of aromatic nitrogens is 4. The van der Waals surface area contributed by atoms with Crippen LogP contribution >= 0.6 is 0 Å². The Labute approximate surface area is 101 Å². The van der Waals surface area contributed by atoms with E-state index in [2.05, 4.69) is 25.1 Å². The third-order valence-corrected chi connectivity index (χ3v) is 2.16. The highest BCUT2D eigenvalue weighted by molar-refractivity contribution is 6.39. The van der Waals surface area contributed by atoms with Crippen molar-refractivity contribution in [2.24, 2.45) is 0 Å². The molecule has 0 N–H and O–H groups in total. The lowest BCUT2D eigenvalue weighted by Crippen LogP contribution is -2.22. The van der Waals surface area contributed by atoms with Gasteiger partial charge in [0, 0.05) is 0 Å². The van der Waals surface area contributed by atoms with Crippen LogP contribution in [0, 0.1) is 0 Å². The van der Waals surface area contributed by atoms with Crippen molar-refractivity contribution < 1.29 is 14.3 Å². The van der Waals surface area contributed by atoms with Crippen LogP contribution in [0.3, 0.4) is 0 Å². The minimum absolute atomic E-state index is 0.00412. The van der Waals surface area contributed by atoms with Crippen molar-refractivity contribution in [3.8, 4) is 5.69 Å². The molecule has 0 aliphatic heterocycles. The van der Waals surface area contributed by atoms with Crippen molar-refractivity contribution in [3.63, 3.8) is 0 Å². The second-order valence-corrected chi connectivity index (χ2v) is 3.19. The van der Waals surface area contributed by atoms with E-state index < -0.39 is 5.97 Å². The average molecular weight is 244 g/mol. The molecule has 90 valence electrons. The molecule has 1 heterocycles. The maximum absolute atomic E-state index is 11.4. The first kappa shape index (κ1) is 11.6. The smallest absolute Gasteiger partial charge is 0.445 e. The molecule has 0 fully saturated rings. The Kier molecular flexibility index (Phi) is 3.22. The van der Waals surface area contributed by atoms with Crippen molar-refractivity contribution in [2.45, 2.75) is 0 Å². The van der Waals surface area contributed by atoms with Crippen LogP contribution in [0.1, 0.15) is 5.82 Å². The maximum Gasteiger partial charge on any atom is 0.445 e. The summed E-state index contributed by atoms with van der Waals surface area (Å²) in [6, 6.07) is 8.89. The molecular weight excluding hydrogens is 236 g/mol. The van der Waals surface area contributed by atoms with Crippen molar-refractivity contribution in [1.82, 2.24) is 20.2 Å². The van der Waals surface area contributed by atoms with Gasteiger partial charge in [-0.05, 0) is 22.6 Å². The topological polar surface area (TPSA) is 106 Å². The summed E-state index contributed by atoms with van der Waals surface area (Å²) in [5, 5.41) is 10.8. The number of carbonyl (C=O) groups is 1. The zero-order valence-corrected chi connectivity index (χ0v) is 9.39. The molecule has 0 radical (unpaired) electrons. The summed E-state index contributed by atoms with van der Waals surface area (Å²) in [5.74, 6) is -0.833. The lowest BCUT2D eigenvalue weighted by atomic mass is 10.3. The normalized spacial score (nSPS) is 9.61. The van der Waals surface area contributed by atoms with Gasteiger partial charge in [-0.25, -0.2) is 4.79 Å². The van der Waals surface area contributed by atoms with E-state index in [-0.39, 0.29) is 11.5 Å². The van der Waals surface area contributed by atoms with Crippen LogP contribution in [0.25, 0.3) is 11.2 Å². The standard InChI is InChI=1S/C10H8N6O2/c1-18-10(17)8(12-11)9-13-14-15-16(9)7-5-3-2-4-6-7/h2-6H,1H3. The molecule has 2 aromatic rings. The summed E-state index contributed by atoms with van der Waals surface area (Å²) < 4.78 is 5.75. The summed E-state index contributed by atoms with van der Waals surface area (Å²) in [7, 11) is 1.17. The summed E-state index contributed by atoms with van der Waals surface area (Å²) in [6.07, 6.45) is 0.